The van der Waals surface area contributed by atoms with Gasteiger partial charge in [0.25, 0.3) is 0 Å². The summed E-state index contributed by atoms with van der Waals surface area (Å²) in [5, 5.41) is 13.4. The predicted molar refractivity (Wildman–Crippen MR) is 73.9 cm³/mol. The van der Waals surface area contributed by atoms with Crippen LogP contribution in [0.2, 0.25) is 0 Å². The van der Waals surface area contributed by atoms with Crippen molar-refractivity contribution in [2.45, 2.75) is 20.8 Å². The number of nitriles is 1. The molecular weight excluding hydrogens is 242 g/mol. The van der Waals surface area contributed by atoms with Gasteiger partial charge in [0, 0.05) is 27.2 Å². The van der Waals surface area contributed by atoms with E-state index in [-0.39, 0.29) is 12.5 Å². The van der Waals surface area contributed by atoms with Crippen LogP contribution in [-0.4, -0.2) is 47.3 Å². The highest BCUT2D eigenvalue weighted by Crippen LogP contribution is 2.20. The van der Waals surface area contributed by atoms with Gasteiger partial charge in [0.15, 0.2) is 0 Å². The molecule has 0 spiro atoms. The molecule has 1 aromatic heterocycles. The fourth-order valence-electron chi connectivity index (χ4n) is 2.17. The third-order valence-corrected chi connectivity index (χ3v) is 3.15. The first-order valence-corrected chi connectivity index (χ1v) is 6.38. The quantitative estimate of drug-likeness (QED) is 0.792. The molecule has 0 aliphatic carbocycles. The number of aryl methyl sites for hydroxylation is 2. The lowest BCUT2D eigenvalue weighted by Crippen LogP contribution is -2.39. The summed E-state index contributed by atoms with van der Waals surface area (Å²) in [4.78, 5) is 15.6. The first-order chi connectivity index (χ1) is 8.96. The fourth-order valence-corrected chi connectivity index (χ4v) is 2.17. The van der Waals surface area contributed by atoms with Gasteiger partial charge < -0.3 is 9.80 Å². The first-order valence-electron chi connectivity index (χ1n) is 6.38. The third-order valence-electron chi connectivity index (χ3n) is 3.15. The minimum atomic E-state index is 0.0512. The Bertz CT molecular complexity index is 496. The zero-order valence-electron chi connectivity index (χ0n) is 12.3. The lowest BCUT2D eigenvalue weighted by molar-refractivity contribution is -0.129. The number of rotatable bonds is 5. The maximum Gasteiger partial charge on any atom is 0.242 e. The van der Waals surface area contributed by atoms with E-state index in [4.69, 9.17) is 0 Å². The van der Waals surface area contributed by atoms with Gasteiger partial charge in [-0.2, -0.15) is 10.4 Å². The second-order valence-corrected chi connectivity index (χ2v) is 4.44. The Labute approximate surface area is 114 Å². The number of carbonyl (C=O) groups excluding carboxylic acids is 1. The summed E-state index contributed by atoms with van der Waals surface area (Å²) in [6.07, 6.45) is 0. The van der Waals surface area contributed by atoms with Crippen LogP contribution < -0.4 is 4.90 Å². The minimum Gasteiger partial charge on any atom is -0.349 e. The van der Waals surface area contributed by atoms with Gasteiger partial charge in [0.1, 0.15) is 17.5 Å². The summed E-state index contributed by atoms with van der Waals surface area (Å²) >= 11 is 0. The van der Waals surface area contributed by atoms with Crippen LogP contribution in [0.5, 0.6) is 0 Å². The molecule has 0 bridgehead atoms. The SMILES string of the molecule is CCN(CC)C(=O)CN(C)c1c(C#N)c(C)nn1C. The van der Waals surface area contributed by atoms with E-state index in [1.165, 1.54) is 0 Å². The van der Waals surface area contributed by atoms with Gasteiger partial charge >= 0.3 is 0 Å². The van der Waals surface area contributed by atoms with Crippen LogP contribution >= 0.6 is 0 Å². The topological polar surface area (TPSA) is 65.2 Å². The zero-order chi connectivity index (χ0) is 14.6. The molecule has 19 heavy (non-hydrogen) atoms. The molecule has 6 heteroatoms. The van der Waals surface area contributed by atoms with Crippen LogP contribution in [0.4, 0.5) is 5.82 Å². The molecule has 1 rings (SSSR count). The van der Waals surface area contributed by atoms with E-state index in [0.29, 0.717) is 30.2 Å². The molecule has 0 saturated heterocycles. The van der Waals surface area contributed by atoms with Crippen molar-refractivity contribution in [1.29, 1.82) is 5.26 Å². The highest BCUT2D eigenvalue weighted by molar-refractivity contribution is 5.81. The van der Waals surface area contributed by atoms with Crippen molar-refractivity contribution in [3.63, 3.8) is 0 Å². The Morgan fingerprint density at radius 3 is 2.47 bits per heavy atom. The molecule has 0 aromatic carbocycles. The molecule has 0 N–H and O–H groups in total. The third kappa shape index (κ3) is 3.05. The Kier molecular flexibility index (Phi) is 4.93. The largest absolute Gasteiger partial charge is 0.349 e. The first kappa shape index (κ1) is 15.0. The molecule has 0 aliphatic heterocycles. The lowest BCUT2D eigenvalue weighted by atomic mass is 10.2. The second kappa shape index (κ2) is 6.23. The summed E-state index contributed by atoms with van der Waals surface area (Å²) < 4.78 is 1.64. The van der Waals surface area contributed by atoms with Crippen LogP contribution in [-0.2, 0) is 11.8 Å². The monoisotopic (exact) mass is 263 g/mol. The van der Waals surface area contributed by atoms with Crippen molar-refractivity contribution >= 4 is 11.7 Å². The van der Waals surface area contributed by atoms with Crippen molar-refractivity contribution < 1.29 is 4.79 Å². The van der Waals surface area contributed by atoms with Crippen LogP contribution in [0.1, 0.15) is 25.1 Å². The maximum absolute atomic E-state index is 12.1. The molecule has 0 atom stereocenters. The van der Waals surface area contributed by atoms with E-state index in [9.17, 15) is 10.1 Å². The van der Waals surface area contributed by atoms with Crippen LogP contribution in [0.25, 0.3) is 0 Å². The Morgan fingerprint density at radius 2 is 2.00 bits per heavy atom. The molecule has 104 valence electrons. The number of likely N-dealkylation sites (N-methyl/N-ethyl adjacent to an activating group) is 2. The summed E-state index contributed by atoms with van der Waals surface area (Å²) in [5.74, 6) is 0.732. The summed E-state index contributed by atoms with van der Waals surface area (Å²) in [7, 11) is 3.58. The van der Waals surface area contributed by atoms with Crippen molar-refractivity contribution in [3.8, 4) is 6.07 Å². The average molecular weight is 263 g/mol. The fraction of sp³-hybridized carbons (Fsp3) is 0.615. The Hall–Kier alpha value is -2.03. The van der Waals surface area contributed by atoms with Gasteiger partial charge in [0.2, 0.25) is 5.91 Å². The van der Waals surface area contributed by atoms with Gasteiger partial charge in [-0.3, -0.25) is 9.48 Å². The number of carbonyl (C=O) groups is 1. The predicted octanol–water partition coefficient (Wildman–Crippen LogP) is 0.905. The van der Waals surface area contributed by atoms with Gasteiger partial charge in [-0.05, 0) is 20.8 Å². The maximum atomic E-state index is 12.1. The van der Waals surface area contributed by atoms with Gasteiger partial charge in [-0.15, -0.1) is 0 Å². The second-order valence-electron chi connectivity index (χ2n) is 4.44. The Morgan fingerprint density at radius 1 is 1.42 bits per heavy atom. The molecule has 6 nitrogen and oxygen atoms in total. The highest BCUT2D eigenvalue weighted by atomic mass is 16.2. The molecule has 0 radical (unpaired) electrons. The minimum absolute atomic E-state index is 0.0512. The van der Waals surface area contributed by atoms with E-state index in [1.54, 1.807) is 35.5 Å². The van der Waals surface area contributed by atoms with Crippen molar-refractivity contribution in [2.24, 2.45) is 7.05 Å². The van der Waals surface area contributed by atoms with E-state index in [1.807, 2.05) is 13.8 Å². The van der Waals surface area contributed by atoms with Crippen LogP contribution in [0.3, 0.4) is 0 Å². The molecule has 0 aliphatic rings. The molecule has 1 amide bonds. The van der Waals surface area contributed by atoms with Crippen LogP contribution in [0, 0.1) is 18.3 Å². The van der Waals surface area contributed by atoms with E-state index < -0.39 is 0 Å². The number of aromatic nitrogens is 2. The number of anilines is 1. The van der Waals surface area contributed by atoms with Crippen LogP contribution in [0.15, 0.2) is 0 Å². The Balaban J connectivity index is 2.93. The smallest absolute Gasteiger partial charge is 0.242 e. The molecular formula is C13H21N5O. The van der Waals surface area contributed by atoms with Crippen molar-refractivity contribution in [1.82, 2.24) is 14.7 Å². The average Bonchev–Trinajstić information content (AvgIpc) is 2.64. The highest BCUT2D eigenvalue weighted by Gasteiger charge is 2.20. The number of nitrogens with zero attached hydrogens (tertiary/aromatic N) is 5. The molecule has 0 saturated carbocycles. The summed E-state index contributed by atoms with van der Waals surface area (Å²) in [6, 6.07) is 2.15. The molecule has 1 heterocycles. The molecule has 1 aromatic rings. The zero-order valence-corrected chi connectivity index (χ0v) is 12.3. The van der Waals surface area contributed by atoms with Gasteiger partial charge in [0.05, 0.1) is 12.2 Å². The molecule has 0 fully saturated rings. The number of amides is 1. The van der Waals surface area contributed by atoms with E-state index in [0.717, 1.165) is 0 Å². The lowest BCUT2D eigenvalue weighted by Gasteiger charge is -2.24. The summed E-state index contributed by atoms with van der Waals surface area (Å²) in [5.41, 5.74) is 1.21. The number of hydrogen-bond acceptors (Lipinski definition) is 4. The van der Waals surface area contributed by atoms with E-state index in [2.05, 4.69) is 11.2 Å². The van der Waals surface area contributed by atoms with Gasteiger partial charge in [-0.25, -0.2) is 0 Å². The van der Waals surface area contributed by atoms with Crippen molar-refractivity contribution in [2.75, 3.05) is 31.6 Å². The van der Waals surface area contributed by atoms with E-state index >= 15 is 0 Å². The van der Waals surface area contributed by atoms with Crippen molar-refractivity contribution in [3.05, 3.63) is 11.3 Å². The van der Waals surface area contributed by atoms with Gasteiger partial charge in [-0.1, -0.05) is 0 Å². The normalized spacial score (nSPS) is 10.1. The molecule has 0 unspecified atom stereocenters. The number of hydrogen-bond donors (Lipinski definition) is 0. The standard InChI is InChI=1S/C13H21N5O/c1-6-18(7-2)12(19)9-16(4)13-11(8-14)10(3)15-17(13)5/h6-7,9H2,1-5H3. The summed E-state index contributed by atoms with van der Waals surface area (Å²) in [6.45, 7) is 7.33.